The van der Waals surface area contributed by atoms with Crippen LogP contribution in [0.5, 0.6) is 0 Å². The summed E-state index contributed by atoms with van der Waals surface area (Å²) in [7, 11) is 0. The van der Waals surface area contributed by atoms with Crippen molar-refractivity contribution in [3.63, 3.8) is 0 Å². The molecule has 3 nitrogen and oxygen atoms in total. The van der Waals surface area contributed by atoms with Crippen molar-refractivity contribution in [2.45, 2.75) is 32.9 Å². The minimum absolute atomic E-state index is 0.0609. The first-order valence-corrected chi connectivity index (χ1v) is 7.65. The lowest BCUT2D eigenvalue weighted by atomic mass is 10.1. The van der Waals surface area contributed by atoms with Crippen molar-refractivity contribution >= 4 is 5.91 Å². The number of allylic oxidation sites excluding steroid dienone is 3. The summed E-state index contributed by atoms with van der Waals surface area (Å²) < 4.78 is 0. The summed E-state index contributed by atoms with van der Waals surface area (Å²) in [6.07, 6.45) is 9.67. The zero-order valence-electron chi connectivity index (χ0n) is 12.7. The van der Waals surface area contributed by atoms with Gasteiger partial charge in [-0.15, -0.1) is 0 Å². The molecule has 1 aromatic rings. The van der Waals surface area contributed by atoms with Gasteiger partial charge in [-0.05, 0) is 44.0 Å². The van der Waals surface area contributed by atoms with E-state index in [1.54, 1.807) is 12.2 Å². The van der Waals surface area contributed by atoms with E-state index in [0.29, 0.717) is 6.54 Å². The molecule has 1 aromatic carbocycles. The van der Waals surface area contributed by atoms with E-state index < -0.39 is 0 Å². The third-order valence-corrected chi connectivity index (χ3v) is 3.65. The molecule has 21 heavy (non-hydrogen) atoms. The van der Waals surface area contributed by atoms with Crippen LogP contribution < -0.4 is 5.32 Å². The fourth-order valence-electron chi connectivity index (χ4n) is 2.46. The summed E-state index contributed by atoms with van der Waals surface area (Å²) in [4.78, 5) is 14.0. The summed E-state index contributed by atoms with van der Waals surface area (Å²) in [5, 5.41) is 2.88. The van der Waals surface area contributed by atoms with Crippen LogP contribution in [-0.4, -0.2) is 23.9 Å². The fraction of sp³-hybridized carbons (Fsp3) is 0.389. The number of nitrogens with zero attached hydrogens (tertiary/aromatic N) is 1. The van der Waals surface area contributed by atoms with Gasteiger partial charge in [0, 0.05) is 19.2 Å². The van der Waals surface area contributed by atoms with E-state index in [4.69, 9.17) is 0 Å². The summed E-state index contributed by atoms with van der Waals surface area (Å²) in [6, 6.07) is 8.52. The normalized spacial score (nSPS) is 16.0. The van der Waals surface area contributed by atoms with Crippen molar-refractivity contribution in [2.24, 2.45) is 0 Å². The molecule has 1 N–H and O–H groups in total. The fourth-order valence-corrected chi connectivity index (χ4v) is 2.46. The second-order valence-electron chi connectivity index (χ2n) is 5.40. The van der Waals surface area contributed by atoms with Gasteiger partial charge < -0.3 is 5.32 Å². The van der Waals surface area contributed by atoms with Gasteiger partial charge in [0.1, 0.15) is 0 Å². The van der Waals surface area contributed by atoms with E-state index in [1.807, 2.05) is 19.1 Å². The average molecular weight is 284 g/mol. The molecule has 0 unspecified atom stereocenters. The number of benzene rings is 1. The number of carbonyl (C=O) groups is 1. The van der Waals surface area contributed by atoms with Crippen LogP contribution in [0.1, 0.15) is 30.9 Å². The molecule has 1 aliphatic rings. The monoisotopic (exact) mass is 284 g/mol. The Hall–Kier alpha value is -1.87. The SMILES string of the molecule is C/C=C/C=C/C(=O)NCc1ccc(CN2CCCC2)cc1. The maximum Gasteiger partial charge on any atom is 0.244 e. The molecule has 0 saturated carbocycles. The molecule has 0 aliphatic carbocycles. The number of rotatable bonds is 6. The van der Waals surface area contributed by atoms with E-state index in [0.717, 1.165) is 12.1 Å². The molecule has 1 heterocycles. The highest BCUT2D eigenvalue weighted by Crippen LogP contribution is 2.13. The molecular weight excluding hydrogens is 260 g/mol. The molecule has 2 rings (SSSR count). The maximum atomic E-state index is 11.5. The van der Waals surface area contributed by atoms with E-state index >= 15 is 0 Å². The van der Waals surface area contributed by atoms with Gasteiger partial charge in [0.05, 0.1) is 0 Å². The summed E-state index contributed by atoms with van der Waals surface area (Å²) in [5.74, 6) is -0.0609. The first-order chi connectivity index (χ1) is 10.3. The van der Waals surface area contributed by atoms with Crippen molar-refractivity contribution in [1.29, 1.82) is 0 Å². The molecule has 1 amide bonds. The van der Waals surface area contributed by atoms with Crippen LogP contribution in [0.2, 0.25) is 0 Å². The van der Waals surface area contributed by atoms with Crippen LogP contribution in [0.15, 0.2) is 48.6 Å². The standard InChI is InChI=1S/C18H24N2O/c1-2-3-4-7-18(21)19-14-16-8-10-17(11-9-16)15-20-12-5-6-13-20/h2-4,7-11H,5-6,12-15H2,1H3,(H,19,21)/b3-2+,7-4+. The molecule has 0 aromatic heterocycles. The highest BCUT2D eigenvalue weighted by molar-refractivity contribution is 5.87. The summed E-state index contributed by atoms with van der Waals surface area (Å²) in [6.45, 7) is 5.97. The van der Waals surface area contributed by atoms with Gasteiger partial charge in [0.15, 0.2) is 0 Å². The molecule has 1 aliphatic heterocycles. The van der Waals surface area contributed by atoms with Crippen molar-refractivity contribution in [3.05, 3.63) is 59.7 Å². The Morgan fingerprint density at radius 3 is 2.48 bits per heavy atom. The van der Waals surface area contributed by atoms with E-state index in [-0.39, 0.29) is 5.91 Å². The Bertz CT molecular complexity index is 496. The van der Waals surface area contributed by atoms with E-state index in [2.05, 4.69) is 34.5 Å². The molecule has 0 bridgehead atoms. The molecule has 112 valence electrons. The largest absolute Gasteiger partial charge is 0.348 e. The smallest absolute Gasteiger partial charge is 0.244 e. The number of carbonyl (C=O) groups excluding carboxylic acids is 1. The number of likely N-dealkylation sites (tertiary alicyclic amines) is 1. The Labute approximate surface area is 127 Å². The highest BCUT2D eigenvalue weighted by Gasteiger charge is 2.11. The lowest BCUT2D eigenvalue weighted by molar-refractivity contribution is -0.116. The van der Waals surface area contributed by atoms with Gasteiger partial charge >= 0.3 is 0 Å². The first-order valence-electron chi connectivity index (χ1n) is 7.65. The zero-order valence-corrected chi connectivity index (χ0v) is 12.7. The van der Waals surface area contributed by atoms with Gasteiger partial charge in [0.25, 0.3) is 0 Å². The average Bonchev–Trinajstić information content (AvgIpc) is 3.00. The Morgan fingerprint density at radius 2 is 1.81 bits per heavy atom. The lowest BCUT2D eigenvalue weighted by Gasteiger charge is -2.14. The van der Waals surface area contributed by atoms with Crippen molar-refractivity contribution in [1.82, 2.24) is 10.2 Å². The van der Waals surface area contributed by atoms with Crippen LogP contribution in [0.25, 0.3) is 0 Å². The Balaban J connectivity index is 1.77. The van der Waals surface area contributed by atoms with Crippen molar-refractivity contribution < 1.29 is 4.79 Å². The molecule has 1 fully saturated rings. The van der Waals surface area contributed by atoms with Crippen LogP contribution in [0.4, 0.5) is 0 Å². The lowest BCUT2D eigenvalue weighted by Crippen LogP contribution is -2.20. The predicted octanol–water partition coefficient (Wildman–Crippen LogP) is 3.03. The molecular formula is C18H24N2O. The number of hydrogen-bond acceptors (Lipinski definition) is 2. The highest BCUT2D eigenvalue weighted by atomic mass is 16.1. The summed E-state index contributed by atoms with van der Waals surface area (Å²) in [5.41, 5.74) is 2.48. The number of hydrogen-bond donors (Lipinski definition) is 1. The summed E-state index contributed by atoms with van der Waals surface area (Å²) >= 11 is 0. The minimum atomic E-state index is -0.0609. The van der Waals surface area contributed by atoms with Crippen molar-refractivity contribution in [3.8, 4) is 0 Å². The Morgan fingerprint density at radius 1 is 1.14 bits per heavy atom. The van der Waals surface area contributed by atoms with Crippen LogP contribution >= 0.6 is 0 Å². The third-order valence-electron chi connectivity index (χ3n) is 3.65. The molecule has 0 spiro atoms. The van der Waals surface area contributed by atoms with Crippen LogP contribution in [-0.2, 0) is 17.9 Å². The van der Waals surface area contributed by atoms with Gasteiger partial charge in [-0.2, -0.15) is 0 Å². The maximum absolute atomic E-state index is 11.5. The topological polar surface area (TPSA) is 32.3 Å². The predicted molar refractivity (Wildman–Crippen MR) is 86.8 cm³/mol. The molecule has 0 radical (unpaired) electrons. The second kappa shape index (κ2) is 8.42. The Kier molecular flexibility index (Phi) is 6.22. The van der Waals surface area contributed by atoms with Gasteiger partial charge in [-0.3, -0.25) is 9.69 Å². The number of nitrogens with one attached hydrogen (secondary N) is 1. The first kappa shape index (κ1) is 15.5. The van der Waals surface area contributed by atoms with Gasteiger partial charge in [0.2, 0.25) is 5.91 Å². The van der Waals surface area contributed by atoms with Crippen molar-refractivity contribution in [2.75, 3.05) is 13.1 Å². The molecule has 0 atom stereocenters. The minimum Gasteiger partial charge on any atom is -0.348 e. The molecule has 3 heteroatoms. The third kappa shape index (κ3) is 5.56. The van der Waals surface area contributed by atoms with Crippen LogP contribution in [0.3, 0.4) is 0 Å². The zero-order chi connectivity index (χ0) is 14.9. The molecule has 1 saturated heterocycles. The van der Waals surface area contributed by atoms with E-state index in [1.165, 1.54) is 31.5 Å². The van der Waals surface area contributed by atoms with Gasteiger partial charge in [-0.1, -0.05) is 42.5 Å². The van der Waals surface area contributed by atoms with E-state index in [9.17, 15) is 4.79 Å². The number of amides is 1. The second-order valence-corrected chi connectivity index (χ2v) is 5.40. The quantitative estimate of drug-likeness (QED) is 0.643. The van der Waals surface area contributed by atoms with Crippen LogP contribution in [0, 0.1) is 0 Å². The van der Waals surface area contributed by atoms with Gasteiger partial charge in [-0.25, -0.2) is 0 Å².